The molecule has 1 heterocycles. The van der Waals surface area contributed by atoms with Gasteiger partial charge in [-0.1, -0.05) is 18.9 Å². The Balaban J connectivity index is 1.90. The monoisotopic (exact) mass is 313 g/mol. The van der Waals surface area contributed by atoms with Crippen LogP contribution in [0.3, 0.4) is 0 Å². The van der Waals surface area contributed by atoms with Gasteiger partial charge in [0.05, 0.1) is 17.5 Å². The number of carboxylic acid groups (broad SMARTS) is 1. The third kappa shape index (κ3) is 4.52. The van der Waals surface area contributed by atoms with Crippen LogP contribution >= 0.6 is 23.1 Å². The highest BCUT2D eigenvalue weighted by molar-refractivity contribution is 8.00. The maximum atomic E-state index is 12.0. The van der Waals surface area contributed by atoms with Crippen molar-refractivity contribution in [3.8, 4) is 0 Å². The molecule has 1 aliphatic carbocycles. The molecule has 0 saturated heterocycles. The minimum Gasteiger partial charge on any atom is -0.481 e. The molecule has 0 aliphatic heterocycles. The van der Waals surface area contributed by atoms with Crippen molar-refractivity contribution in [2.24, 2.45) is 5.92 Å². The van der Waals surface area contributed by atoms with Crippen molar-refractivity contribution in [1.29, 1.82) is 0 Å². The van der Waals surface area contributed by atoms with E-state index in [9.17, 15) is 9.59 Å². The molecule has 1 aliphatic rings. The van der Waals surface area contributed by atoms with Gasteiger partial charge in [-0.2, -0.15) is 0 Å². The van der Waals surface area contributed by atoms with Gasteiger partial charge in [0.1, 0.15) is 0 Å². The molecular weight excluding hydrogens is 294 g/mol. The predicted molar refractivity (Wildman–Crippen MR) is 82.1 cm³/mol. The molecule has 0 spiro atoms. The zero-order valence-corrected chi connectivity index (χ0v) is 12.8. The maximum absolute atomic E-state index is 12.0. The third-order valence-electron chi connectivity index (χ3n) is 3.50. The number of amides is 1. The number of aliphatic carboxylic acids is 1. The van der Waals surface area contributed by atoms with Crippen molar-refractivity contribution in [2.45, 2.75) is 31.7 Å². The summed E-state index contributed by atoms with van der Waals surface area (Å²) in [5, 5.41) is 13.7. The molecule has 1 aromatic rings. The fraction of sp³-hybridized carbons (Fsp3) is 0.571. The maximum Gasteiger partial charge on any atom is 0.313 e. The molecule has 6 heteroatoms. The van der Waals surface area contributed by atoms with E-state index in [1.807, 2.05) is 11.4 Å². The molecule has 1 amide bonds. The minimum atomic E-state index is -0.881. The van der Waals surface area contributed by atoms with Crippen molar-refractivity contribution in [2.75, 3.05) is 11.5 Å². The molecule has 1 unspecified atom stereocenters. The summed E-state index contributed by atoms with van der Waals surface area (Å²) in [6.45, 7) is 0. The Morgan fingerprint density at radius 1 is 1.40 bits per heavy atom. The van der Waals surface area contributed by atoms with Gasteiger partial charge in [0.15, 0.2) is 0 Å². The average molecular weight is 313 g/mol. The molecule has 4 nitrogen and oxygen atoms in total. The van der Waals surface area contributed by atoms with Gasteiger partial charge in [-0.25, -0.2) is 0 Å². The number of nitrogens with one attached hydrogen (secondary N) is 1. The Morgan fingerprint density at radius 2 is 2.15 bits per heavy atom. The van der Waals surface area contributed by atoms with Gasteiger partial charge >= 0.3 is 5.97 Å². The van der Waals surface area contributed by atoms with E-state index in [2.05, 4.69) is 11.4 Å². The van der Waals surface area contributed by atoms with Crippen molar-refractivity contribution in [1.82, 2.24) is 5.32 Å². The first-order chi connectivity index (χ1) is 9.66. The van der Waals surface area contributed by atoms with Gasteiger partial charge in [0, 0.05) is 4.88 Å². The Bertz CT molecular complexity index is 441. The highest BCUT2D eigenvalue weighted by Crippen LogP contribution is 2.37. The van der Waals surface area contributed by atoms with E-state index in [-0.39, 0.29) is 23.5 Å². The predicted octanol–water partition coefficient (Wildman–Crippen LogP) is 2.91. The lowest BCUT2D eigenvalue weighted by Crippen LogP contribution is -2.33. The van der Waals surface area contributed by atoms with E-state index in [1.54, 1.807) is 11.3 Å². The highest BCUT2D eigenvalue weighted by atomic mass is 32.2. The van der Waals surface area contributed by atoms with E-state index in [0.29, 0.717) is 5.92 Å². The molecule has 20 heavy (non-hydrogen) atoms. The lowest BCUT2D eigenvalue weighted by molar-refractivity contribution is -0.133. The quantitative estimate of drug-likeness (QED) is 0.812. The Hall–Kier alpha value is -1.01. The summed E-state index contributed by atoms with van der Waals surface area (Å²) in [6.07, 6.45) is 4.78. The van der Waals surface area contributed by atoms with Crippen LogP contribution in [0, 0.1) is 5.92 Å². The van der Waals surface area contributed by atoms with Gasteiger partial charge < -0.3 is 10.4 Å². The number of hydrogen-bond acceptors (Lipinski definition) is 4. The molecule has 1 atom stereocenters. The molecule has 1 aromatic heterocycles. The smallest absolute Gasteiger partial charge is 0.313 e. The van der Waals surface area contributed by atoms with Crippen LogP contribution in [-0.4, -0.2) is 28.5 Å². The topological polar surface area (TPSA) is 66.4 Å². The summed E-state index contributed by atoms with van der Waals surface area (Å²) >= 11 is 2.82. The summed E-state index contributed by atoms with van der Waals surface area (Å²) in [5.41, 5.74) is 0. The van der Waals surface area contributed by atoms with Crippen molar-refractivity contribution in [3.05, 3.63) is 22.4 Å². The number of carbonyl (C=O) groups is 2. The number of rotatable bonds is 7. The van der Waals surface area contributed by atoms with E-state index >= 15 is 0 Å². The van der Waals surface area contributed by atoms with Crippen LogP contribution in [-0.2, 0) is 9.59 Å². The number of hydrogen-bond donors (Lipinski definition) is 2. The van der Waals surface area contributed by atoms with Crippen LogP contribution in [0.5, 0.6) is 0 Å². The molecule has 1 saturated carbocycles. The fourth-order valence-electron chi connectivity index (χ4n) is 2.63. The lowest BCUT2D eigenvalue weighted by Gasteiger charge is -2.23. The summed E-state index contributed by atoms with van der Waals surface area (Å²) in [6, 6.07) is 4.17. The van der Waals surface area contributed by atoms with E-state index in [0.717, 1.165) is 24.6 Å². The Morgan fingerprint density at radius 3 is 2.75 bits per heavy atom. The van der Waals surface area contributed by atoms with Crippen LogP contribution in [0.4, 0.5) is 0 Å². The number of thioether (sulfide) groups is 1. The van der Waals surface area contributed by atoms with E-state index in [1.165, 1.54) is 17.7 Å². The summed E-state index contributed by atoms with van der Waals surface area (Å²) in [4.78, 5) is 23.6. The van der Waals surface area contributed by atoms with Crippen molar-refractivity contribution >= 4 is 35.0 Å². The van der Waals surface area contributed by atoms with Crippen LogP contribution in [0.2, 0.25) is 0 Å². The standard InChI is InChI=1S/C14H19NO3S2/c16-12(8-19-9-13(17)18)15-14(10-4-1-2-5-10)11-6-3-7-20-11/h3,6-7,10,14H,1-2,4-5,8-9H2,(H,15,16)(H,17,18). The SMILES string of the molecule is O=C(O)CSCC(=O)NC(c1cccs1)C1CCCC1. The highest BCUT2D eigenvalue weighted by Gasteiger charge is 2.28. The molecule has 0 aromatic carbocycles. The fourth-order valence-corrected chi connectivity index (χ4v) is 4.04. The second kappa shape index (κ2) is 7.69. The van der Waals surface area contributed by atoms with Gasteiger partial charge in [-0.15, -0.1) is 23.1 Å². The normalized spacial score (nSPS) is 17.0. The minimum absolute atomic E-state index is 0.0273. The number of carboxylic acids is 1. The van der Waals surface area contributed by atoms with Crippen LogP contribution in [0.15, 0.2) is 17.5 Å². The second-order valence-electron chi connectivity index (χ2n) is 4.99. The van der Waals surface area contributed by atoms with Gasteiger partial charge in [-0.05, 0) is 30.2 Å². The molecule has 1 fully saturated rings. The molecule has 0 bridgehead atoms. The zero-order valence-electron chi connectivity index (χ0n) is 11.2. The first kappa shape index (κ1) is 15.4. The van der Waals surface area contributed by atoms with Crippen molar-refractivity contribution < 1.29 is 14.7 Å². The average Bonchev–Trinajstić information content (AvgIpc) is 3.09. The first-order valence-electron chi connectivity index (χ1n) is 6.79. The summed E-state index contributed by atoms with van der Waals surface area (Å²) in [7, 11) is 0. The third-order valence-corrected chi connectivity index (χ3v) is 5.37. The summed E-state index contributed by atoms with van der Waals surface area (Å²) in [5.74, 6) is -0.251. The van der Waals surface area contributed by atoms with Crippen LogP contribution in [0.1, 0.15) is 36.6 Å². The van der Waals surface area contributed by atoms with Gasteiger partial charge in [-0.3, -0.25) is 9.59 Å². The molecule has 2 N–H and O–H groups in total. The second-order valence-corrected chi connectivity index (χ2v) is 6.96. The largest absolute Gasteiger partial charge is 0.481 e. The van der Waals surface area contributed by atoms with E-state index in [4.69, 9.17) is 5.11 Å². The Labute approximate surface area is 127 Å². The van der Waals surface area contributed by atoms with Gasteiger partial charge in [0.2, 0.25) is 5.91 Å². The van der Waals surface area contributed by atoms with Gasteiger partial charge in [0.25, 0.3) is 0 Å². The molecule has 110 valence electrons. The molecule has 2 rings (SSSR count). The van der Waals surface area contributed by atoms with Crippen LogP contribution in [0.25, 0.3) is 0 Å². The number of thiophene rings is 1. The van der Waals surface area contributed by atoms with E-state index < -0.39 is 5.97 Å². The van der Waals surface area contributed by atoms with Crippen LogP contribution < -0.4 is 5.32 Å². The molecular formula is C14H19NO3S2. The molecule has 0 radical (unpaired) electrons. The first-order valence-corrected chi connectivity index (χ1v) is 8.82. The summed E-state index contributed by atoms with van der Waals surface area (Å²) < 4.78 is 0. The number of carbonyl (C=O) groups excluding carboxylic acids is 1. The Kier molecular flexibility index (Phi) is 5.91. The lowest BCUT2D eigenvalue weighted by atomic mass is 9.97. The zero-order chi connectivity index (χ0) is 14.4. The van der Waals surface area contributed by atoms with Crippen molar-refractivity contribution in [3.63, 3.8) is 0 Å².